The monoisotopic (exact) mass is 414 g/mol. The molecule has 3 aromatic heterocycles. The molecule has 160 valence electrons. The molecule has 6 heteroatoms. The summed E-state index contributed by atoms with van der Waals surface area (Å²) in [5.41, 5.74) is 4.89. The number of pyridine rings is 1. The average molecular weight is 415 g/mol. The van der Waals surface area contributed by atoms with E-state index < -0.39 is 0 Å². The van der Waals surface area contributed by atoms with Crippen molar-refractivity contribution < 1.29 is 0 Å². The van der Waals surface area contributed by atoms with Crippen molar-refractivity contribution in [2.75, 3.05) is 7.05 Å². The van der Waals surface area contributed by atoms with Gasteiger partial charge in [0.1, 0.15) is 12.7 Å². The summed E-state index contributed by atoms with van der Waals surface area (Å²) in [6.45, 7) is 0.945. The molecule has 1 aliphatic carbocycles. The lowest BCUT2D eigenvalue weighted by Gasteiger charge is -2.34. The predicted octanol–water partition coefficient (Wildman–Crippen LogP) is 4.77. The summed E-state index contributed by atoms with van der Waals surface area (Å²) in [5, 5.41) is 9.17. The van der Waals surface area contributed by atoms with Gasteiger partial charge in [-0.05, 0) is 87.4 Å². The molecule has 5 rings (SSSR count). The van der Waals surface area contributed by atoms with Crippen LogP contribution in [-0.4, -0.2) is 42.7 Å². The van der Waals surface area contributed by atoms with Gasteiger partial charge in [-0.3, -0.25) is 14.5 Å². The SMILES string of the molecule is CN(Cc1ccccn1)[C@H]1CC[C@@H](CCc2c[nH]c3ccc(-n4cnnc4)cc23)CC1. The van der Waals surface area contributed by atoms with Crippen LogP contribution in [0.2, 0.25) is 0 Å². The third-order valence-corrected chi connectivity index (χ3v) is 6.87. The molecule has 0 aliphatic heterocycles. The summed E-state index contributed by atoms with van der Waals surface area (Å²) in [6.07, 6.45) is 15.2. The van der Waals surface area contributed by atoms with Gasteiger partial charge in [0.05, 0.1) is 5.69 Å². The normalized spacial score (nSPS) is 19.3. The fourth-order valence-corrected chi connectivity index (χ4v) is 4.98. The lowest BCUT2D eigenvalue weighted by atomic mass is 9.82. The van der Waals surface area contributed by atoms with E-state index in [-0.39, 0.29) is 0 Å². The Bertz CT molecular complexity index is 1090. The highest BCUT2D eigenvalue weighted by atomic mass is 15.2. The fourth-order valence-electron chi connectivity index (χ4n) is 4.98. The van der Waals surface area contributed by atoms with Crippen molar-refractivity contribution in [2.24, 2.45) is 5.92 Å². The molecule has 1 aliphatic rings. The summed E-state index contributed by atoms with van der Waals surface area (Å²) in [6, 6.07) is 13.4. The molecule has 1 N–H and O–H groups in total. The van der Waals surface area contributed by atoms with Gasteiger partial charge in [-0.25, -0.2) is 0 Å². The van der Waals surface area contributed by atoms with Crippen LogP contribution in [0.1, 0.15) is 43.4 Å². The molecule has 6 nitrogen and oxygen atoms in total. The van der Waals surface area contributed by atoms with Crippen LogP contribution in [0.25, 0.3) is 16.6 Å². The number of aromatic amines is 1. The minimum Gasteiger partial charge on any atom is -0.361 e. The molecular formula is C25H30N6. The molecule has 0 saturated heterocycles. The zero-order valence-electron chi connectivity index (χ0n) is 18.1. The molecule has 3 heterocycles. The van der Waals surface area contributed by atoms with Crippen molar-refractivity contribution in [3.05, 3.63) is 72.7 Å². The Kier molecular flexibility index (Phi) is 5.80. The lowest BCUT2D eigenvalue weighted by molar-refractivity contribution is 0.154. The van der Waals surface area contributed by atoms with Crippen molar-refractivity contribution in [1.29, 1.82) is 0 Å². The smallest absolute Gasteiger partial charge is 0.123 e. The number of fused-ring (bicyclic) bond motifs is 1. The zero-order valence-corrected chi connectivity index (χ0v) is 18.1. The molecule has 31 heavy (non-hydrogen) atoms. The van der Waals surface area contributed by atoms with Crippen molar-refractivity contribution >= 4 is 10.9 Å². The second-order valence-electron chi connectivity index (χ2n) is 8.86. The van der Waals surface area contributed by atoms with Crippen molar-refractivity contribution in [2.45, 2.75) is 51.1 Å². The molecule has 1 aromatic carbocycles. The third kappa shape index (κ3) is 4.54. The molecule has 0 bridgehead atoms. The Hall–Kier alpha value is -2.99. The van der Waals surface area contributed by atoms with Crippen LogP contribution in [-0.2, 0) is 13.0 Å². The highest BCUT2D eigenvalue weighted by molar-refractivity contribution is 5.85. The number of benzene rings is 1. The second-order valence-corrected chi connectivity index (χ2v) is 8.86. The number of hydrogen-bond acceptors (Lipinski definition) is 4. The van der Waals surface area contributed by atoms with Crippen LogP contribution < -0.4 is 0 Å². The van der Waals surface area contributed by atoms with Crippen molar-refractivity contribution in [3.63, 3.8) is 0 Å². The highest BCUT2D eigenvalue weighted by Crippen LogP contribution is 2.32. The number of aryl methyl sites for hydroxylation is 1. The maximum atomic E-state index is 4.48. The van der Waals surface area contributed by atoms with Gasteiger partial charge in [-0.15, -0.1) is 10.2 Å². The fraction of sp³-hybridized carbons (Fsp3) is 0.400. The number of nitrogens with zero attached hydrogens (tertiary/aromatic N) is 5. The van der Waals surface area contributed by atoms with E-state index in [2.05, 4.69) is 68.6 Å². The Morgan fingerprint density at radius 1 is 1.06 bits per heavy atom. The van der Waals surface area contributed by atoms with E-state index in [9.17, 15) is 0 Å². The topological polar surface area (TPSA) is 62.6 Å². The Morgan fingerprint density at radius 2 is 1.90 bits per heavy atom. The van der Waals surface area contributed by atoms with Crippen LogP contribution in [0.15, 0.2) is 61.4 Å². The van der Waals surface area contributed by atoms with E-state index in [4.69, 9.17) is 0 Å². The number of rotatable bonds is 7. The first kappa shape index (κ1) is 19.9. The molecule has 0 atom stereocenters. The van der Waals surface area contributed by atoms with Crippen LogP contribution in [0, 0.1) is 5.92 Å². The summed E-state index contributed by atoms with van der Waals surface area (Å²) < 4.78 is 1.96. The van der Waals surface area contributed by atoms with Gasteiger partial charge in [0.25, 0.3) is 0 Å². The van der Waals surface area contributed by atoms with Crippen LogP contribution in [0.3, 0.4) is 0 Å². The average Bonchev–Trinajstić information content (AvgIpc) is 3.48. The molecular weight excluding hydrogens is 384 g/mol. The third-order valence-electron chi connectivity index (χ3n) is 6.87. The summed E-state index contributed by atoms with van der Waals surface area (Å²) in [5.74, 6) is 0.825. The summed E-state index contributed by atoms with van der Waals surface area (Å²) in [7, 11) is 2.25. The van der Waals surface area contributed by atoms with Crippen molar-refractivity contribution in [1.82, 2.24) is 29.6 Å². The predicted molar refractivity (Wildman–Crippen MR) is 123 cm³/mol. The van der Waals surface area contributed by atoms with Gasteiger partial charge in [0.2, 0.25) is 0 Å². The maximum absolute atomic E-state index is 4.48. The Balaban J connectivity index is 1.16. The van der Waals surface area contributed by atoms with Gasteiger partial charge < -0.3 is 4.98 Å². The molecule has 1 fully saturated rings. The largest absolute Gasteiger partial charge is 0.361 e. The molecule has 1 saturated carbocycles. The Morgan fingerprint density at radius 3 is 2.68 bits per heavy atom. The van der Waals surface area contributed by atoms with E-state index in [1.807, 2.05) is 16.8 Å². The van der Waals surface area contributed by atoms with E-state index in [1.165, 1.54) is 48.6 Å². The quantitative estimate of drug-likeness (QED) is 0.473. The highest BCUT2D eigenvalue weighted by Gasteiger charge is 2.24. The molecule has 0 spiro atoms. The standard InChI is InChI=1S/C25H30N6/c1-30(16-21-4-2-3-13-26-21)22-9-6-19(7-10-22)5-8-20-15-27-25-12-11-23(14-24(20)25)31-17-28-29-18-31/h2-4,11-15,17-19,22,27H,5-10,16H2,1H3/t19-,22+. The first-order chi connectivity index (χ1) is 15.3. The number of aromatic nitrogens is 5. The number of hydrogen-bond donors (Lipinski definition) is 1. The minimum atomic E-state index is 0.678. The van der Waals surface area contributed by atoms with Crippen LogP contribution >= 0.6 is 0 Å². The van der Waals surface area contributed by atoms with Gasteiger partial charge in [-0.2, -0.15) is 0 Å². The van der Waals surface area contributed by atoms with E-state index >= 15 is 0 Å². The first-order valence-electron chi connectivity index (χ1n) is 11.3. The Labute approximate surface area is 183 Å². The summed E-state index contributed by atoms with van der Waals surface area (Å²) in [4.78, 5) is 10.4. The summed E-state index contributed by atoms with van der Waals surface area (Å²) >= 11 is 0. The van der Waals surface area contributed by atoms with E-state index in [0.29, 0.717) is 6.04 Å². The van der Waals surface area contributed by atoms with Gasteiger partial charge in [-0.1, -0.05) is 6.07 Å². The first-order valence-corrected chi connectivity index (χ1v) is 11.3. The van der Waals surface area contributed by atoms with Gasteiger partial charge in [0.15, 0.2) is 0 Å². The molecule has 0 unspecified atom stereocenters. The molecule has 4 aromatic rings. The van der Waals surface area contributed by atoms with Crippen molar-refractivity contribution in [3.8, 4) is 5.69 Å². The lowest BCUT2D eigenvalue weighted by Crippen LogP contribution is -2.35. The second kappa shape index (κ2) is 9.02. The number of nitrogens with one attached hydrogen (secondary N) is 1. The number of H-pyrrole nitrogens is 1. The minimum absolute atomic E-state index is 0.678. The van der Waals surface area contributed by atoms with E-state index in [1.54, 1.807) is 12.7 Å². The van der Waals surface area contributed by atoms with E-state index in [0.717, 1.165) is 30.3 Å². The maximum Gasteiger partial charge on any atom is 0.123 e. The zero-order chi connectivity index (χ0) is 21.0. The molecule has 0 radical (unpaired) electrons. The van der Waals surface area contributed by atoms with Crippen LogP contribution in [0.5, 0.6) is 0 Å². The van der Waals surface area contributed by atoms with Gasteiger partial charge in [0, 0.05) is 41.6 Å². The van der Waals surface area contributed by atoms with Gasteiger partial charge >= 0.3 is 0 Å². The molecule has 0 amide bonds. The van der Waals surface area contributed by atoms with Crippen LogP contribution in [0.4, 0.5) is 0 Å².